The number of hydrogen-bond acceptors (Lipinski definition) is 5. The second-order valence-corrected chi connectivity index (χ2v) is 6.28. The lowest BCUT2D eigenvalue weighted by Crippen LogP contribution is -2.41. The predicted octanol–water partition coefficient (Wildman–Crippen LogP) is 1.53. The van der Waals surface area contributed by atoms with Crippen molar-refractivity contribution in [3.63, 3.8) is 0 Å². The van der Waals surface area contributed by atoms with Crippen LogP contribution in [0.2, 0.25) is 0 Å². The molecule has 1 aliphatic carbocycles. The van der Waals surface area contributed by atoms with Crippen LogP contribution in [-0.4, -0.2) is 52.4 Å². The van der Waals surface area contributed by atoms with Crippen LogP contribution in [-0.2, 0) is 0 Å². The van der Waals surface area contributed by atoms with Gasteiger partial charge in [-0.25, -0.2) is 0 Å². The van der Waals surface area contributed by atoms with Crippen molar-refractivity contribution < 1.29 is 9.90 Å². The van der Waals surface area contributed by atoms with E-state index in [2.05, 4.69) is 22.4 Å². The fraction of sp³-hybridized carbons (Fsp3) is 0.667. The first kappa shape index (κ1) is 15.7. The molecule has 0 aliphatic heterocycles. The Balaban J connectivity index is 1.93. The van der Waals surface area contributed by atoms with E-state index in [1.807, 2.05) is 0 Å². The number of anilines is 1. The smallest absolute Gasteiger partial charge is 0.273 e. The van der Waals surface area contributed by atoms with Gasteiger partial charge >= 0.3 is 0 Å². The van der Waals surface area contributed by atoms with Gasteiger partial charge in [-0.15, -0.1) is 10.2 Å². The summed E-state index contributed by atoms with van der Waals surface area (Å²) < 4.78 is 0. The lowest BCUT2D eigenvalue weighted by Gasteiger charge is -2.35. The third-order valence-electron chi connectivity index (χ3n) is 3.96. The van der Waals surface area contributed by atoms with Gasteiger partial charge in [0.25, 0.3) is 5.91 Å². The highest BCUT2D eigenvalue weighted by Gasteiger charge is 2.32. The molecule has 0 aromatic carbocycles. The Morgan fingerprint density at radius 1 is 1.48 bits per heavy atom. The molecule has 1 amide bonds. The first-order valence-electron chi connectivity index (χ1n) is 7.41. The van der Waals surface area contributed by atoms with Crippen LogP contribution in [0.15, 0.2) is 12.1 Å². The van der Waals surface area contributed by atoms with E-state index in [0.717, 1.165) is 19.3 Å². The molecule has 2 rings (SSSR count). The molecule has 0 radical (unpaired) electrons. The van der Waals surface area contributed by atoms with Gasteiger partial charge in [0.2, 0.25) is 0 Å². The highest BCUT2D eigenvalue weighted by Crippen LogP contribution is 2.32. The molecule has 1 heterocycles. The number of rotatable bonds is 4. The Labute approximate surface area is 125 Å². The normalized spacial score (nSPS) is 25.4. The van der Waals surface area contributed by atoms with Gasteiger partial charge in [0.15, 0.2) is 5.69 Å². The van der Waals surface area contributed by atoms with E-state index in [0.29, 0.717) is 24.0 Å². The van der Waals surface area contributed by atoms with E-state index in [9.17, 15) is 9.90 Å². The van der Waals surface area contributed by atoms with Gasteiger partial charge in [-0.1, -0.05) is 19.8 Å². The van der Waals surface area contributed by atoms with Crippen LogP contribution in [0.25, 0.3) is 0 Å². The zero-order valence-electron chi connectivity index (χ0n) is 13.0. The second kappa shape index (κ2) is 6.39. The van der Waals surface area contributed by atoms with Crippen LogP contribution in [0.1, 0.15) is 43.1 Å². The number of nitrogens with one attached hydrogen (secondary N) is 1. The summed E-state index contributed by atoms with van der Waals surface area (Å²) in [6.45, 7) is 2.64. The standard InChI is InChI=1S/C15H24N4O2/c1-11-5-4-8-15(21,9-11)10-16-13-7-6-12(17-18-13)14(20)19(2)3/h6-7,11,21H,4-5,8-10H2,1-3H3,(H,16,18). The molecule has 6 heteroatoms. The quantitative estimate of drug-likeness (QED) is 0.880. The maximum Gasteiger partial charge on any atom is 0.273 e. The molecule has 1 aromatic heterocycles. The molecular formula is C15H24N4O2. The van der Waals surface area contributed by atoms with E-state index in [1.165, 1.54) is 11.3 Å². The molecular weight excluding hydrogens is 268 g/mol. The Kier molecular flexibility index (Phi) is 4.77. The van der Waals surface area contributed by atoms with Crippen molar-refractivity contribution in [2.75, 3.05) is 26.0 Å². The third kappa shape index (κ3) is 4.14. The van der Waals surface area contributed by atoms with Crippen LogP contribution < -0.4 is 5.32 Å². The minimum Gasteiger partial charge on any atom is -0.388 e. The topological polar surface area (TPSA) is 78.4 Å². The van der Waals surface area contributed by atoms with Crippen LogP contribution in [0.3, 0.4) is 0 Å². The molecule has 2 atom stereocenters. The Bertz CT molecular complexity index is 489. The largest absolute Gasteiger partial charge is 0.388 e. The van der Waals surface area contributed by atoms with Gasteiger partial charge in [-0.3, -0.25) is 4.79 Å². The van der Waals surface area contributed by atoms with Crippen molar-refractivity contribution in [1.29, 1.82) is 0 Å². The molecule has 2 unspecified atom stereocenters. The summed E-state index contributed by atoms with van der Waals surface area (Å²) in [7, 11) is 3.35. The van der Waals surface area contributed by atoms with E-state index in [1.54, 1.807) is 26.2 Å². The number of amides is 1. The maximum absolute atomic E-state index is 11.7. The first-order valence-corrected chi connectivity index (χ1v) is 7.41. The molecule has 0 bridgehead atoms. The van der Waals surface area contributed by atoms with Gasteiger partial charge < -0.3 is 15.3 Å². The molecule has 1 aromatic rings. The summed E-state index contributed by atoms with van der Waals surface area (Å²) in [6.07, 6.45) is 3.87. The van der Waals surface area contributed by atoms with E-state index in [-0.39, 0.29) is 5.91 Å². The van der Waals surface area contributed by atoms with Crippen molar-refractivity contribution >= 4 is 11.7 Å². The molecule has 2 N–H and O–H groups in total. The SMILES string of the molecule is CC1CCCC(O)(CNc2ccc(C(=O)N(C)C)nn2)C1. The number of hydrogen-bond donors (Lipinski definition) is 2. The second-order valence-electron chi connectivity index (χ2n) is 6.28. The van der Waals surface area contributed by atoms with Crippen molar-refractivity contribution in [3.8, 4) is 0 Å². The minimum absolute atomic E-state index is 0.172. The molecule has 0 spiro atoms. The minimum atomic E-state index is -0.669. The first-order chi connectivity index (χ1) is 9.89. The van der Waals surface area contributed by atoms with E-state index < -0.39 is 5.60 Å². The molecule has 1 aliphatic rings. The Morgan fingerprint density at radius 2 is 2.24 bits per heavy atom. The van der Waals surface area contributed by atoms with Crippen molar-refractivity contribution in [2.45, 2.75) is 38.2 Å². The number of carbonyl (C=O) groups excluding carboxylic acids is 1. The number of nitrogens with zero attached hydrogens (tertiary/aromatic N) is 3. The van der Waals surface area contributed by atoms with Gasteiger partial charge in [-0.2, -0.15) is 0 Å². The van der Waals surface area contributed by atoms with Crippen molar-refractivity contribution in [3.05, 3.63) is 17.8 Å². The fourth-order valence-corrected chi connectivity index (χ4v) is 2.82. The highest BCUT2D eigenvalue weighted by molar-refractivity contribution is 5.91. The Morgan fingerprint density at radius 3 is 2.81 bits per heavy atom. The summed E-state index contributed by atoms with van der Waals surface area (Å²) in [5.41, 5.74) is -0.354. The van der Waals surface area contributed by atoms with Crippen LogP contribution >= 0.6 is 0 Å². The number of aromatic nitrogens is 2. The average Bonchev–Trinajstić information content (AvgIpc) is 2.45. The molecule has 116 valence electrons. The monoisotopic (exact) mass is 292 g/mol. The lowest BCUT2D eigenvalue weighted by atomic mass is 9.79. The molecule has 0 saturated heterocycles. The van der Waals surface area contributed by atoms with E-state index >= 15 is 0 Å². The molecule has 1 saturated carbocycles. The number of carbonyl (C=O) groups is 1. The summed E-state index contributed by atoms with van der Waals surface area (Å²) in [4.78, 5) is 13.2. The summed E-state index contributed by atoms with van der Waals surface area (Å²) in [6, 6.07) is 3.37. The zero-order chi connectivity index (χ0) is 15.5. The van der Waals surface area contributed by atoms with Gasteiger partial charge in [0, 0.05) is 20.6 Å². The molecule has 6 nitrogen and oxygen atoms in total. The Hall–Kier alpha value is -1.69. The summed E-state index contributed by atoms with van der Waals surface area (Å²) in [5, 5.41) is 21.6. The van der Waals surface area contributed by atoms with Crippen molar-refractivity contribution in [1.82, 2.24) is 15.1 Å². The van der Waals surface area contributed by atoms with Gasteiger partial charge in [0.1, 0.15) is 5.82 Å². The predicted molar refractivity (Wildman–Crippen MR) is 81.1 cm³/mol. The van der Waals surface area contributed by atoms with Crippen LogP contribution in [0.5, 0.6) is 0 Å². The molecule has 21 heavy (non-hydrogen) atoms. The summed E-state index contributed by atoms with van der Waals surface area (Å²) in [5.74, 6) is 0.961. The number of aliphatic hydroxyl groups is 1. The van der Waals surface area contributed by atoms with Crippen LogP contribution in [0.4, 0.5) is 5.82 Å². The maximum atomic E-state index is 11.7. The lowest BCUT2D eigenvalue weighted by molar-refractivity contribution is -0.000845. The fourth-order valence-electron chi connectivity index (χ4n) is 2.82. The molecule has 1 fully saturated rings. The van der Waals surface area contributed by atoms with Crippen molar-refractivity contribution in [2.24, 2.45) is 5.92 Å². The average molecular weight is 292 g/mol. The third-order valence-corrected chi connectivity index (χ3v) is 3.96. The van der Waals surface area contributed by atoms with Gasteiger partial charge in [-0.05, 0) is 30.9 Å². The van der Waals surface area contributed by atoms with E-state index in [4.69, 9.17) is 0 Å². The summed E-state index contributed by atoms with van der Waals surface area (Å²) >= 11 is 0. The van der Waals surface area contributed by atoms with Gasteiger partial charge in [0.05, 0.1) is 5.60 Å². The highest BCUT2D eigenvalue weighted by atomic mass is 16.3. The van der Waals surface area contributed by atoms with Crippen LogP contribution in [0, 0.1) is 5.92 Å². The zero-order valence-corrected chi connectivity index (χ0v) is 13.0.